The second-order valence-electron chi connectivity index (χ2n) is 9.36. The van der Waals surface area contributed by atoms with Gasteiger partial charge in [-0.3, -0.25) is 4.79 Å². The lowest BCUT2D eigenvalue weighted by atomic mass is 9.48. The third kappa shape index (κ3) is 4.48. The van der Waals surface area contributed by atoms with Gasteiger partial charge in [-0.15, -0.1) is 0 Å². The fraction of sp³-hybridized carbons (Fsp3) is 0.864. The standard InChI is InChI=1S/C22H38O3/c1-16(14-20(23)25-6)8-10-18-17(15-24-5)9-11-19-21(2,3)12-7-13-22(18,19)4/h9,16,18-19H,7-8,10-15H2,1-6H3. The number of allylic oxidation sites excluding steroid dienone is 1. The number of hydrogen-bond acceptors (Lipinski definition) is 3. The van der Waals surface area contributed by atoms with Crippen LogP contribution in [0.25, 0.3) is 0 Å². The van der Waals surface area contributed by atoms with Gasteiger partial charge in [-0.25, -0.2) is 0 Å². The van der Waals surface area contributed by atoms with Crippen LogP contribution in [0.15, 0.2) is 11.6 Å². The molecule has 3 heteroatoms. The Hall–Kier alpha value is -0.830. The Labute approximate surface area is 154 Å². The van der Waals surface area contributed by atoms with E-state index in [0.717, 1.165) is 25.4 Å². The summed E-state index contributed by atoms with van der Waals surface area (Å²) in [6, 6.07) is 0. The van der Waals surface area contributed by atoms with Gasteiger partial charge in [-0.1, -0.05) is 40.2 Å². The number of methoxy groups -OCH3 is 2. The molecule has 2 rings (SSSR count). The summed E-state index contributed by atoms with van der Waals surface area (Å²) in [5.41, 5.74) is 2.26. The summed E-state index contributed by atoms with van der Waals surface area (Å²) in [5, 5.41) is 0. The summed E-state index contributed by atoms with van der Waals surface area (Å²) in [6.45, 7) is 10.4. The minimum absolute atomic E-state index is 0.0910. The topological polar surface area (TPSA) is 35.5 Å². The zero-order valence-electron chi connectivity index (χ0n) is 17.2. The van der Waals surface area contributed by atoms with Crippen LogP contribution in [0.1, 0.15) is 72.6 Å². The van der Waals surface area contributed by atoms with Crippen LogP contribution in [-0.4, -0.2) is 26.8 Å². The fourth-order valence-electron chi connectivity index (χ4n) is 5.77. The van der Waals surface area contributed by atoms with Crippen molar-refractivity contribution in [1.82, 2.24) is 0 Å². The second-order valence-corrected chi connectivity index (χ2v) is 9.36. The number of carbonyl (C=O) groups is 1. The van der Waals surface area contributed by atoms with Crippen LogP contribution >= 0.6 is 0 Å². The van der Waals surface area contributed by atoms with E-state index in [1.165, 1.54) is 38.4 Å². The molecule has 0 spiro atoms. The summed E-state index contributed by atoms with van der Waals surface area (Å²) in [5.74, 6) is 1.60. The van der Waals surface area contributed by atoms with Gasteiger partial charge in [0.2, 0.25) is 0 Å². The molecule has 0 aromatic rings. The molecule has 4 unspecified atom stereocenters. The number of ether oxygens (including phenoxy) is 2. The highest BCUT2D eigenvalue weighted by Gasteiger charge is 2.52. The number of carbonyl (C=O) groups excluding carboxylic acids is 1. The predicted octanol–water partition coefficient (Wildman–Crippen LogP) is 5.39. The van der Waals surface area contributed by atoms with E-state index in [1.807, 2.05) is 0 Å². The Balaban J connectivity index is 2.16. The lowest BCUT2D eigenvalue weighted by molar-refractivity contribution is -0.141. The van der Waals surface area contributed by atoms with Gasteiger partial charge < -0.3 is 9.47 Å². The molecule has 2 aliphatic carbocycles. The SMILES string of the molecule is COCC1=CCC2C(C)(C)CCCC2(C)C1CCC(C)CC(=O)OC. The van der Waals surface area contributed by atoms with E-state index in [4.69, 9.17) is 9.47 Å². The Kier molecular flexibility index (Phi) is 6.75. The summed E-state index contributed by atoms with van der Waals surface area (Å²) >= 11 is 0. The van der Waals surface area contributed by atoms with Gasteiger partial charge >= 0.3 is 5.97 Å². The van der Waals surface area contributed by atoms with Crippen molar-refractivity contribution in [1.29, 1.82) is 0 Å². The third-order valence-electron chi connectivity index (χ3n) is 7.14. The van der Waals surface area contributed by atoms with Crippen LogP contribution in [0.5, 0.6) is 0 Å². The van der Waals surface area contributed by atoms with E-state index in [2.05, 4.69) is 33.8 Å². The van der Waals surface area contributed by atoms with Gasteiger partial charge in [0.05, 0.1) is 13.7 Å². The van der Waals surface area contributed by atoms with Gasteiger partial charge in [0.15, 0.2) is 0 Å². The maximum absolute atomic E-state index is 11.6. The summed E-state index contributed by atoms with van der Waals surface area (Å²) in [6.07, 6.45) is 10.4. The molecule has 25 heavy (non-hydrogen) atoms. The maximum Gasteiger partial charge on any atom is 0.305 e. The van der Waals surface area contributed by atoms with Gasteiger partial charge in [0.25, 0.3) is 0 Å². The van der Waals surface area contributed by atoms with Crippen LogP contribution in [0.3, 0.4) is 0 Å². The molecule has 0 N–H and O–H groups in total. The van der Waals surface area contributed by atoms with E-state index in [-0.39, 0.29) is 5.97 Å². The van der Waals surface area contributed by atoms with Crippen molar-refractivity contribution < 1.29 is 14.3 Å². The average Bonchev–Trinajstić information content (AvgIpc) is 2.53. The first-order chi connectivity index (χ1) is 11.7. The normalized spacial score (nSPS) is 32.5. The first-order valence-electron chi connectivity index (χ1n) is 9.99. The summed E-state index contributed by atoms with van der Waals surface area (Å²) in [7, 11) is 3.28. The summed E-state index contributed by atoms with van der Waals surface area (Å²) < 4.78 is 10.4. The van der Waals surface area contributed by atoms with Crippen LogP contribution in [0, 0.1) is 28.6 Å². The van der Waals surface area contributed by atoms with Crippen molar-refractivity contribution in [3.05, 3.63) is 11.6 Å². The Morgan fingerprint density at radius 1 is 1.28 bits per heavy atom. The smallest absolute Gasteiger partial charge is 0.305 e. The van der Waals surface area contributed by atoms with Crippen molar-refractivity contribution in [3.63, 3.8) is 0 Å². The zero-order valence-corrected chi connectivity index (χ0v) is 17.2. The molecule has 0 aliphatic heterocycles. The first-order valence-corrected chi connectivity index (χ1v) is 9.99. The van der Waals surface area contributed by atoms with Crippen molar-refractivity contribution in [2.24, 2.45) is 28.6 Å². The Bertz CT molecular complexity index is 494. The number of hydrogen-bond donors (Lipinski definition) is 0. The Morgan fingerprint density at radius 2 is 2.00 bits per heavy atom. The molecule has 0 aromatic heterocycles. The van der Waals surface area contributed by atoms with Gasteiger partial charge in [0.1, 0.15) is 0 Å². The molecule has 0 amide bonds. The molecule has 4 atom stereocenters. The first kappa shape index (κ1) is 20.5. The monoisotopic (exact) mass is 350 g/mol. The molecule has 0 aromatic carbocycles. The maximum atomic E-state index is 11.6. The van der Waals surface area contributed by atoms with Gasteiger partial charge in [-0.05, 0) is 66.3 Å². The molecule has 0 heterocycles. The fourth-order valence-corrected chi connectivity index (χ4v) is 5.77. The minimum atomic E-state index is -0.0910. The van der Waals surface area contributed by atoms with Gasteiger partial charge in [-0.2, -0.15) is 0 Å². The van der Waals surface area contributed by atoms with Crippen molar-refractivity contribution in [2.45, 2.75) is 72.6 Å². The van der Waals surface area contributed by atoms with Crippen LogP contribution in [-0.2, 0) is 14.3 Å². The van der Waals surface area contributed by atoms with E-state index in [0.29, 0.717) is 29.1 Å². The second kappa shape index (κ2) is 8.24. The lowest BCUT2D eigenvalue weighted by Crippen LogP contribution is -2.49. The largest absolute Gasteiger partial charge is 0.469 e. The van der Waals surface area contributed by atoms with Crippen LogP contribution in [0.2, 0.25) is 0 Å². The molecule has 3 nitrogen and oxygen atoms in total. The number of esters is 1. The highest BCUT2D eigenvalue weighted by molar-refractivity contribution is 5.69. The van der Waals surface area contributed by atoms with Gasteiger partial charge in [0, 0.05) is 13.5 Å². The van der Waals surface area contributed by atoms with Crippen molar-refractivity contribution in [3.8, 4) is 0 Å². The molecule has 1 fully saturated rings. The van der Waals surface area contributed by atoms with E-state index < -0.39 is 0 Å². The number of fused-ring (bicyclic) bond motifs is 1. The highest BCUT2D eigenvalue weighted by atomic mass is 16.5. The lowest BCUT2D eigenvalue weighted by Gasteiger charge is -2.57. The number of rotatable bonds is 7. The molecule has 1 saturated carbocycles. The molecule has 0 bridgehead atoms. The zero-order chi connectivity index (χ0) is 18.7. The molecular weight excluding hydrogens is 312 g/mol. The summed E-state index contributed by atoms with van der Waals surface area (Å²) in [4.78, 5) is 11.6. The van der Waals surface area contributed by atoms with Crippen LogP contribution < -0.4 is 0 Å². The van der Waals surface area contributed by atoms with E-state index in [9.17, 15) is 4.79 Å². The quantitative estimate of drug-likeness (QED) is 0.456. The highest BCUT2D eigenvalue weighted by Crippen LogP contribution is 2.60. The third-order valence-corrected chi connectivity index (χ3v) is 7.14. The molecule has 0 saturated heterocycles. The van der Waals surface area contributed by atoms with E-state index in [1.54, 1.807) is 7.11 Å². The molecular formula is C22H38O3. The minimum Gasteiger partial charge on any atom is -0.469 e. The molecule has 144 valence electrons. The average molecular weight is 351 g/mol. The van der Waals surface area contributed by atoms with Crippen molar-refractivity contribution in [2.75, 3.05) is 20.8 Å². The predicted molar refractivity (Wildman–Crippen MR) is 102 cm³/mol. The van der Waals surface area contributed by atoms with Crippen LogP contribution in [0.4, 0.5) is 0 Å². The van der Waals surface area contributed by atoms with E-state index >= 15 is 0 Å². The van der Waals surface area contributed by atoms with Crippen molar-refractivity contribution >= 4 is 5.97 Å². The molecule has 2 aliphatic rings. The molecule has 0 radical (unpaired) electrons. The Morgan fingerprint density at radius 3 is 2.64 bits per heavy atom.